The van der Waals surface area contributed by atoms with E-state index in [9.17, 15) is 17.6 Å². The number of carbonyl (C=O) groups excluding carboxylic acids is 1. The molecule has 2 atom stereocenters. The topological polar surface area (TPSA) is 75.3 Å². The summed E-state index contributed by atoms with van der Waals surface area (Å²) in [6.07, 6.45) is 0.165. The molecule has 0 unspecified atom stereocenters. The van der Waals surface area contributed by atoms with Crippen molar-refractivity contribution in [3.8, 4) is 0 Å². The van der Waals surface area contributed by atoms with Gasteiger partial charge in [-0.05, 0) is 60.9 Å². The average molecular weight is 505 g/mol. The Morgan fingerprint density at radius 2 is 1.68 bits per heavy atom. The predicted octanol–water partition coefficient (Wildman–Crippen LogP) is 4.36. The Bertz CT molecular complexity index is 1140. The summed E-state index contributed by atoms with van der Waals surface area (Å²) in [5.41, 5.74) is 1.68. The van der Waals surface area contributed by atoms with Crippen molar-refractivity contribution in [2.45, 2.75) is 30.3 Å². The van der Waals surface area contributed by atoms with Crippen molar-refractivity contribution in [1.29, 1.82) is 0 Å². The maximum atomic E-state index is 13.2. The zero-order valence-electron chi connectivity index (χ0n) is 16.8. The van der Waals surface area contributed by atoms with Crippen LogP contribution in [0.15, 0.2) is 88.2 Å². The third-order valence-electron chi connectivity index (χ3n) is 4.73. The molecule has 0 saturated carbocycles. The molecule has 0 heterocycles. The van der Waals surface area contributed by atoms with Gasteiger partial charge in [0.05, 0.1) is 10.9 Å². The third kappa shape index (κ3) is 6.46. The molecule has 0 radical (unpaired) electrons. The molecule has 0 aliphatic heterocycles. The summed E-state index contributed by atoms with van der Waals surface area (Å²) in [4.78, 5) is 13.0. The summed E-state index contributed by atoms with van der Waals surface area (Å²) >= 11 is 3.41. The lowest BCUT2D eigenvalue weighted by molar-refractivity contribution is -0.123. The summed E-state index contributed by atoms with van der Waals surface area (Å²) in [6, 6.07) is 19.7. The van der Waals surface area contributed by atoms with Gasteiger partial charge < -0.3 is 5.32 Å². The van der Waals surface area contributed by atoms with E-state index < -0.39 is 27.8 Å². The quantitative estimate of drug-likeness (QED) is 0.478. The predicted molar refractivity (Wildman–Crippen MR) is 121 cm³/mol. The number of carbonyl (C=O) groups is 1. The monoisotopic (exact) mass is 504 g/mol. The molecular weight excluding hydrogens is 483 g/mol. The number of sulfonamides is 1. The van der Waals surface area contributed by atoms with E-state index in [2.05, 4.69) is 26.0 Å². The molecule has 3 aromatic carbocycles. The Morgan fingerprint density at radius 3 is 2.32 bits per heavy atom. The lowest BCUT2D eigenvalue weighted by atomic mass is 10.0. The van der Waals surface area contributed by atoms with E-state index in [1.165, 1.54) is 12.1 Å². The molecule has 3 rings (SSSR count). The van der Waals surface area contributed by atoms with E-state index in [0.29, 0.717) is 0 Å². The lowest BCUT2D eigenvalue weighted by Crippen LogP contribution is -2.48. The maximum absolute atomic E-state index is 13.2. The van der Waals surface area contributed by atoms with Crippen LogP contribution in [0.25, 0.3) is 0 Å². The molecule has 0 aliphatic rings. The standard InChI is InChI=1S/C23H22BrFN2O3S/c1-16(18-8-5-9-19(24)15-18)26-23(28)22(14-17-6-3-2-4-7-17)27-31(29,30)21-12-10-20(25)11-13-21/h2-13,15-16,22,27H,14H2,1H3,(H,26,28)/t16-,22+/m0/s1. The summed E-state index contributed by atoms with van der Waals surface area (Å²) in [6.45, 7) is 1.83. The van der Waals surface area contributed by atoms with Crippen LogP contribution in [0.3, 0.4) is 0 Å². The Morgan fingerprint density at radius 1 is 1.00 bits per heavy atom. The van der Waals surface area contributed by atoms with Gasteiger partial charge in [0.2, 0.25) is 15.9 Å². The Balaban J connectivity index is 1.83. The molecule has 0 bridgehead atoms. The number of hydrogen-bond acceptors (Lipinski definition) is 3. The normalized spacial score (nSPS) is 13.4. The first-order valence-corrected chi connectivity index (χ1v) is 11.9. The fourth-order valence-electron chi connectivity index (χ4n) is 3.08. The van der Waals surface area contributed by atoms with Crippen LogP contribution < -0.4 is 10.0 Å². The van der Waals surface area contributed by atoms with Crippen LogP contribution in [-0.2, 0) is 21.2 Å². The number of amides is 1. The number of benzene rings is 3. The van der Waals surface area contributed by atoms with Crippen LogP contribution in [-0.4, -0.2) is 20.4 Å². The van der Waals surface area contributed by atoms with Gasteiger partial charge in [0.15, 0.2) is 0 Å². The molecule has 3 aromatic rings. The summed E-state index contributed by atoms with van der Waals surface area (Å²) in [5, 5.41) is 2.88. The molecule has 0 spiro atoms. The van der Waals surface area contributed by atoms with Crippen molar-refractivity contribution in [3.63, 3.8) is 0 Å². The van der Waals surface area contributed by atoms with E-state index in [0.717, 1.165) is 27.7 Å². The fourth-order valence-corrected chi connectivity index (χ4v) is 4.69. The minimum Gasteiger partial charge on any atom is -0.348 e. The Kier molecular flexibility index (Phi) is 7.59. The van der Waals surface area contributed by atoms with Crippen molar-refractivity contribution in [3.05, 3.63) is 100 Å². The second-order valence-electron chi connectivity index (χ2n) is 7.10. The van der Waals surface area contributed by atoms with Gasteiger partial charge in [-0.1, -0.05) is 58.4 Å². The van der Waals surface area contributed by atoms with E-state index in [4.69, 9.17) is 0 Å². The molecule has 1 amide bonds. The van der Waals surface area contributed by atoms with Crippen LogP contribution in [0.4, 0.5) is 4.39 Å². The first-order chi connectivity index (χ1) is 14.7. The van der Waals surface area contributed by atoms with Gasteiger partial charge in [-0.3, -0.25) is 4.79 Å². The largest absolute Gasteiger partial charge is 0.348 e. The molecule has 5 nitrogen and oxygen atoms in total. The zero-order valence-corrected chi connectivity index (χ0v) is 19.2. The summed E-state index contributed by atoms with van der Waals surface area (Å²) in [5.74, 6) is -0.998. The molecule has 2 N–H and O–H groups in total. The van der Waals surface area contributed by atoms with Crippen LogP contribution in [0.5, 0.6) is 0 Å². The summed E-state index contributed by atoms with van der Waals surface area (Å²) < 4.78 is 42.2. The first kappa shape index (κ1) is 23.1. The molecule has 8 heteroatoms. The molecular formula is C23H22BrFN2O3S. The average Bonchev–Trinajstić information content (AvgIpc) is 2.74. The molecule has 0 saturated heterocycles. The van der Waals surface area contributed by atoms with E-state index in [1.807, 2.05) is 61.5 Å². The highest BCUT2D eigenvalue weighted by Crippen LogP contribution is 2.19. The Hall–Kier alpha value is -2.55. The Labute approximate surface area is 189 Å². The van der Waals surface area contributed by atoms with Crippen LogP contribution in [0, 0.1) is 5.82 Å². The van der Waals surface area contributed by atoms with Crippen LogP contribution in [0.2, 0.25) is 0 Å². The second kappa shape index (κ2) is 10.2. The van der Waals surface area contributed by atoms with Crippen LogP contribution >= 0.6 is 15.9 Å². The van der Waals surface area contributed by atoms with Gasteiger partial charge in [-0.15, -0.1) is 0 Å². The first-order valence-electron chi connectivity index (χ1n) is 9.62. The zero-order chi connectivity index (χ0) is 22.4. The van der Waals surface area contributed by atoms with Crippen molar-refractivity contribution in [1.82, 2.24) is 10.0 Å². The molecule has 0 aromatic heterocycles. The van der Waals surface area contributed by atoms with Gasteiger partial charge in [0, 0.05) is 4.47 Å². The van der Waals surface area contributed by atoms with Crippen molar-refractivity contribution in [2.24, 2.45) is 0 Å². The second-order valence-corrected chi connectivity index (χ2v) is 9.73. The highest BCUT2D eigenvalue weighted by Gasteiger charge is 2.27. The molecule has 31 heavy (non-hydrogen) atoms. The minimum atomic E-state index is -4.03. The van der Waals surface area contributed by atoms with Gasteiger partial charge in [0.1, 0.15) is 11.9 Å². The SMILES string of the molecule is C[C@H](NC(=O)[C@@H](Cc1ccccc1)NS(=O)(=O)c1ccc(F)cc1)c1cccc(Br)c1. The number of halogens is 2. The summed E-state index contributed by atoms with van der Waals surface area (Å²) in [7, 11) is -4.03. The highest BCUT2D eigenvalue weighted by atomic mass is 79.9. The van der Waals surface area contributed by atoms with E-state index >= 15 is 0 Å². The van der Waals surface area contributed by atoms with Gasteiger partial charge in [-0.2, -0.15) is 4.72 Å². The third-order valence-corrected chi connectivity index (χ3v) is 6.71. The fraction of sp³-hybridized carbons (Fsp3) is 0.174. The maximum Gasteiger partial charge on any atom is 0.241 e. The van der Waals surface area contributed by atoms with Gasteiger partial charge in [-0.25, -0.2) is 12.8 Å². The van der Waals surface area contributed by atoms with Gasteiger partial charge in [0.25, 0.3) is 0 Å². The van der Waals surface area contributed by atoms with Crippen molar-refractivity contribution >= 4 is 31.9 Å². The number of rotatable bonds is 8. The minimum absolute atomic E-state index is 0.111. The smallest absolute Gasteiger partial charge is 0.241 e. The number of nitrogens with one attached hydrogen (secondary N) is 2. The van der Waals surface area contributed by atoms with E-state index in [1.54, 1.807) is 0 Å². The molecule has 162 valence electrons. The van der Waals surface area contributed by atoms with Crippen molar-refractivity contribution < 1.29 is 17.6 Å². The number of hydrogen-bond donors (Lipinski definition) is 2. The molecule has 0 fully saturated rings. The lowest BCUT2D eigenvalue weighted by Gasteiger charge is -2.22. The van der Waals surface area contributed by atoms with Crippen molar-refractivity contribution in [2.75, 3.05) is 0 Å². The van der Waals surface area contributed by atoms with Gasteiger partial charge >= 0.3 is 0 Å². The van der Waals surface area contributed by atoms with Crippen LogP contribution in [0.1, 0.15) is 24.1 Å². The molecule has 0 aliphatic carbocycles. The highest BCUT2D eigenvalue weighted by molar-refractivity contribution is 9.10. The van der Waals surface area contributed by atoms with E-state index in [-0.39, 0.29) is 17.4 Å².